The van der Waals surface area contributed by atoms with Crippen molar-refractivity contribution in [3.05, 3.63) is 97.2 Å². The summed E-state index contributed by atoms with van der Waals surface area (Å²) >= 11 is 0. The number of nitrogens with one attached hydrogen (secondary N) is 1. The van der Waals surface area contributed by atoms with Gasteiger partial charge in [-0.1, -0.05) is 310 Å². The second kappa shape index (κ2) is 62.4. The molecule has 0 aromatic rings. The lowest BCUT2D eigenvalue weighted by molar-refractivity contribution is -0.359. The highest BCUT2D eigenvalue weighted by Crippen LogP contribution is 2.30. The van der Waals surface area contributed by atoms with Crippen molar-refractivity contribution in [1.29, 1.82) is 0 Å². The van der Waals surface area contributed by atoms with Crippen molar-refractivity contribution in [2.75, 3.05) is 19.8 Å². The van der Waals surface area contributed by atoms with E-state index in [1.165, 1.54) is 199 Å². The summed E-state index contributed by atoms with van der Waals surface area (Å²) in [4.78, 5) is 13.4. The fraction of sp³-hybridized carbons (Fsp3) is 0.785. The maximum atomic E-state index is 13.4. The number of carbonyl (C=O) groups excluding carboxylic acids is 1. The van der Waals surface area contributed by atoms with E-state index in [1.54, 1.807) is 6.08 Å². The van der Waals surface area contributed by atoms with Gasteiger partial charge in [0.25, 0.3) is 0 Å². The lowest BCUT2D eigenvalue weighted by atomic mass is 9.97. The van der Waals surface area contributed by atoms with E-state index in [4.69, 9.17) is 18.9 Å². The zero-order valence-corrected chi connectivity index (χ0v) is 58.7. The Morgan fingerprint density at radius 1 is 0.398 bits per heavy atom. The van der Waals surface area contributed by atoms with Crippen molar-refractivity contribution >= 4 is 5.91 Å². The quantitative estimate of drug-likeness (QED) is 0.0204. The molecule has 538 valence electrons. The molecule has 0 saturated carbocycles. The largest absolute Gasteiger partial charge is 0.394 e. The number of hydrogen-bond donors (Lipinski definition) is 9. The first-order chi connectivity index (χ1) is 45.6. The molecule has 93 heavy (non-hydrogen) atoms. The predicted molar refractivity (Wildman–Crippen MR) is 383 cm³/mol. The molecule has 0 aromatic heterocycles. The van der Waals surface area contributed by atoms with Crippen LogP contribution in [0.15, 0.2) is 97.2 Å². The number of hydrogen-bond acceptors (Lipinski definition) is 13. The third kappa shape index (κ3) is 45.9. The van der Waals surface area contributed by atoms with E-state index in [-0.39, 0.29) is 18.9 Å². The lowest BCUT2D eigenvalue weighted by Gasteiger charge is -2.46. The van der Waals surface area contributed by atoms with E-state index in [2.05, 4.69) is 104 Å². The second-order valence-corrected chi connectivity index (χ2v) is 26.4. The molecule has 12 unspecified atom stereocenters. The van der Waals surface area contributed by atoms with Crippen LogP contribution in [0, 0.1) is 0 Å². The fourth-order valence-corrected chi connectivity index (χ4v) is 12.0. The average Bonchev–Trinajstić information content (AvgIpc) is 0.854. The third-order valence-electron chi connectivity index (χ3n) is 18.0. The van der Waals surface area contributed by atoms with Gasteiger partial charge in [-0.05, 0) is 83.5 Å². The molecule has 9 N–H and O–H groups in total. The SMILES string of the molecule is CC/C=C\C/C=C\C/C=C\C/C=C\C/C=C\C/C=C\CCCCCCCCCCCCCCCCCCCCCCC(=O)NC(COC1OC(CO)C(OC2OC(CO)C(O)C(O)C2O)C(O)C1O)C(O)/C=C/CC/C=C/CCCCCCCCCCCCCCCC. The van der Waals surface area contributed by atoms with Gasteiger partial charge in [-0.15, -0.1) is 0 Å². The number of unbranched alkanes of at least 4 members (excludes halogenated alkanes) is 35. The summed E-state index contributed by atoms with van der Waals surface area (Å²) in [5.41, 5.74) is 0. The molecular weight excluding hydrogens is 1170 g/mol. The molecule has 2 heterocycles. The van der Waals surface area contributed by atoms with Crippen LogP contribution in [0.2, 0.25) is 0 Å². The average molecular weight is 1310 g/mol. The van der Waals surface area contributed by atoms with Crippen molar-refractivity contribution in [2.45, 2.75) is 376 Å². The van der Waals surface area contributed by atoms with Gasteiger partial charge in [0.1, 0.15) is 48.8 Å². The van der Waals surface area contributed by atoms with Gasteiger partial charge in [0.05, 0.1) is 32.0 Å². The molecule has 2 aliphatic heterocycles. The number of carbonyl (C=O) groups is 1. The number of ether oxygens (including phenoxy) is 4. The van der Waals surface area contributed by atoms with Gasteiger partial charge >= 0.3 is 0 Å². The molecular formula is C79H139NO13. The van der Waals surface area contributed by atoms with Crippen LogP contribution in [0.3, 0.4) is 0 Å². The van der Waals surface area contributed by atoms with Crippen LogP contribution in [-0.4, -0.2) is 140 Å². The highest BCUT2D eigenvalue weighted by Gasteiger charge is 2.51. The predicted octanol–water partition coefficient (Wildman–Crippen LogP) is 16.5. The normalized spacial score (nSPS) is 23.1. The second-order valence-electron chi connectivity index (χ2n) is 26.4. The van der Waals surface area contributed by atoms with Gasteiger partial charge in [0.2, 0.25) is 5.91 Å². The van der Waals surface area contributed by atoms with E-state index in [9.17, 15) is 45.6 Å². The molecule has 1 amide bonds. The summed E-state index contributed by atoms with van der Waals surface area (Å²) in [5.74, 6) is -0.247. The topological polar surface area (TPSA) is 228 Å². The lowest BCUT2D eigenvalue weighted by Crippen LogP contribution is -2.65. The summed E-state index contributed by atoms with van der Waals surface area (Å²) in [7, 11) is 0. The molecule has 2 aliphatic rings. The van der Waals surface area contributed by atoms with E-state index >= 15 is 0 Å². The van der Waals surface area contributed by atoms with Crippen molar-refractivity contribution < 1.29 is 64.6 Å². The highest BCUT2D eigenvalue weighted by molar-refractivity contribution is 5.76. The van der Waals surface area contributed by atoms with Gasteiger partial charge in [-0.3, -0.25) is 4.79 Å². The zero-order chi connectivity index (χ0) is 67.3. The Labute approximate surface area is 566 Å². The van der Waals surface area contributed by atoms with Crippen molar-refractivity contribution in [3.63, 3.8) is 0 Å². The van der Waals surface area contributed by atoms with Crippen LogP contribution < -0.4 is 5.32 Å². The highest BCUT2D eigenvalue weighted by atomic mass is 16.7. The molecule has 0 aliphatic carbocycles. The van der Waals surface area contributed by atoms with Crippen LogP contribution in [-0.2, 0) is 23.7 Å². The van der Waals surface area contributed by atoms with Crippen LogP contribution >= 0.6 is 0 Å². The van der Waals surface area contributed by atoms with Gasteiger partial charge in [-0.2, -0.15) is 0 Å². The monoisotopic (exact) mass is 1310 g/mol. The summed E-state index contributed by atoms with van der Waals surface area (Å²) in [6, 6.07) is -0.935. The summed E-state index contributed by atoms with van der Waals surface area (Å²) in [6.07, 6.45) is 72.0. The standard InChI is InChI=1S/C79H139NO13/c1-3-5-7-9-11-13-15-17-19-21-23-25-26-27-28-29-30-31-32-33-34-35-36-37-38-39-40-41-42-43-45-47-49-51-53-55-57-59-61-63-71(84)80-67(68(83)62-60-58-56-54-52-50-48-46-44-24-22-20-18-16-14-12-10-8-6-4-2)66-90-78-76(89)74(87)77(70(65-82)92-78)93-79-75(88)73(86)72(85)69(64-81)91-79/h5,7,11,13,17,19,23,25,27-28,30-31,52,54,60,62,67-70,72-79,81-83,85-89H,3-4,6,8-10,12,14-16,18,20-22,24,26,29,32-51,53,55-59,61,63-66H2,1-2H3,(H,80,84)/b7-5-,13-11-,19-17-,25-23-,28-27-,31-30-,54-52+,62-60+. The molecule has 12 atom stereocenters. The van der Waals surface area contributed by atoms with Crippen LogP contribution in [0.5, 0.6) is 0 Å². The Hall–Kier alpha value is -3.09. The zero-order valence-electron chi connectivity index (χ0n) is 58.7. The molecule has 14 heteroatoms. The molecule has 0 aromatic carbocycles. The first kappa shape index (κ1) is 86.0. The molecule has 2 fully saturated rings. The number of rotatable bonds is 62. The van der Waals surface area contributed by atoms with Crippen molar-refractivity contribution in [3.8, 4) is 0 Å². The Bertz CT molecular complexity index is 1930. The van der Waals surface area contributed by atoms with Crippen molar-refractivity contribution in [2.24, 2.45) is 0 Å². The van der Waals surface area contributed by atoms with Gasteiger partial charge < -0.3 is 65.1 Å². The Morgan fingerprint density at radius 2 is 0.753 bits per heavy atom. The van der Waals surface area contributed by atoms with Crippen LogP contribution in [0.4, 0.5) is 0 Å². The fourth-order valence-electron chi connectivity index (χ4n) is 12.0. The first-order valence-electron chi connectivity index (χ1n) is 38.0. The number of allylic oxidation sites excluding steroid dienone is 15. The number of aliphatic hydroxyl groups excluding tert-OH is 8. The Kier molecular flexibility index (Phi) is 57.7. The summed E-state index contributed by atoms with van der Waals surface area (Å²) < 4.78 is 22.9. The summed E-state index contributed by atoms with van der Waals surface area (Å²) in [6.45, 7) is 2.70. The minimum absolute atomic E-state index is 0.247. The minimum atomic E-state index is -1.79. The van der Waals surface area contributed by atoms with Gasteiger partial charge in [-0.25, -0.2) is 0 Å². The number of amides is 1. The smallest absolute Gasteiger partial charge is 0.220 e. The molecule has 0 spiro atoms. The van der Waals surface area contributed by atoms with E-state index in [0.29, 0.717) is 12.8 Å². The minimum Gasteiger partial charge on any atom is -0.394 e. The Balaban J connectivity index is 1.60. The maximum Gasteiger partial charge on any atom is 0.220 e. The maximum absolute atomic E-state index is 13.4. The van der Waals surface area contributed by atoms with Gasteiger partial charge in [0.15, 0.2) is 12.6 Å². The van der Waals surface area contributed by atoms with Crippen LogP contribution in [0.1, 0.15) is 303 Å². The summed E-state index contributed by atoms with van der Waals surface area (Å²) in [5, 5.41) is 87.5. The van der Waals surface area contributed by atoms with Crippen LogP contribution in [0.25, 0.3) is 0 Å². The molecule has 14 nitrogen and oxygen atoms in total. The molecule has 0 radical (unpaired) electrons. The number of aliphatic hydroxyl groups is 8. The molecule has 0 bridgehead atoms. The van der Waals surface area contributed by atoms with E-state index in [0.717, 1.165) is 70.6 Å². The molecule has 2 saturated heterocycles. The van der Waals surface area contributed by atoms with E-state index < -0.39 is 86.8 Å². The first-order valence-corrected chi connectivity index (χ1v) is 38.0. The molecule has 2 rings (SSSR count). The third-order valence-corrected chi connectivity index (χ3v) is 18.0. The van der Waals surface area contributed by atoms with Crippen molar-refractivity contribution in [1.82, 2.24) is 5.32 Å². The van der Waals surface area contributed by atoms with E-state index in [1.807, 2.05) is 6.08 Å². The Morgan fingerprint density at radius 3 is 1.18 bits per heavy atom. The van der Waals surface area contributed by atoms with Gasteiger partial charge in [0, 0.05) is 6.42 Å².